The molecule has 0 aromatic carbocycles. The van der Waals surface area contributed by atoms with Crippen LogP contribution in [0.15, 0.2) is 18.3 Å². The minimum atomic E-state index is 0.00989. The Kier molecular flexibility index (Phi) is 3.91. The summed E-state index contributed by atoms with van der Waals surface area (Å²) in [6, 6.07) is 4.81. The van der Waals surface area contributed by atoms with Crippen molar-refractivity contribution < 1.29 is 0 Å². The van der Waals surface area contributed by atoms with Gasteiger partial charge in [0.05, 0.1) is 17.6 Å². The third kappa shape index (κ3) is 2.66. The molecule has 1 aromatic rings. The number of nitrogens with two attached hydrogens (primary N) is 1. The number of rotatable bonds is 2. The van der Waals surface area contributed by atoms with Gasteiger partial charge in [-0.05, 0) is 44.2 Å². The molecule has 1 aliphatic heterocycles. The van der Waals surface area contributed by atoms with Crippen LogP contribution in [0.1, 0.15) is 45.9 Å². The SMILES string of the molecule is CC1CC(C)C(C)N(c2ccc(C(C)N)nc2)C1. The van der Waals surface area contributed by atoms with E-state index < -0.39 is 0 Å². The zero-order valence-corrected chi connectivity index (χ0v) is 11.9. The largest absolute Gasteiger partial charge is 0.367 e. The molecule has 4 atom stereocenters. The standard InChI is InChI=1S/C15H25N3/c1-10-7-11(2)13(4)18(9-10)14-5-6-15(12(3)16)17-8-14/h5-6,8,10-13H,7,9,16H2,1-4H3. The first-order valence-electron chi connectivity index (χ1n) is 6.97. The maximum atomic E-state index is 5.84. The summed E-state index contributed by atoms with van der Waals surface area (Å²) in [6.45, 7) is 10.1. The monoisotopic (exact) mass is 247 g/mol. The normalized spacial score (nSPS) is 30.3. The van der Waals surface area contributed by atoms with Gasteiger partial charge in [0.25, 0.3) is 0 Å². The van der Waals surface area contributed by atoms with Crippen molar-refractivity contribution in [2.45, 2.75) is 46.2 Å². The highest BCUT2D eigenvalue weighted by atomic mass is 15.2. The van der Waals surface area contributed by atoms with Crippen molar-refractivity contribution in [3.63, 3.8) is 0 Å². The fourth-order valence-corrected chi connectivity index (χ4v) is 2.89. The van der Waals surface area contributed by atoms with E-state index in [2.05, 4.69) is 42.8 Å². The molecule has 3 nitrogen and oxygen atoms in total. The summed E-state index contributed by atoms with van der Waals surface area (Å²) >= 11 is 0. The number of pyridine rings is 1. The quantitative estimate of drug-likeness (QED) is 0.873. The highest BCUT2D eigenvalue weighted by Crippen LogP contribution is 2.31. The Labute approximate surface area is 110 Å². The molecular formula is C15H25N3. The lowest BCUT2D eigenvalue weighted by Crippen LogP contribution is -2.45. The molecule has 0 radical (unpaired) electrons. The van der Waals surface area contributed by atoms with E-state index in [4.69, 9.17) is 5.73 Å². The van der Waals surface area contributed by atoms with Gasteiger partial charge >= 0.3 is 0 Å². The molecule has 0 amide bonds. The number of piperidine rings is 1. The lowest BCUT2D eigenvalue weighted by atomic mass is 9.86. The molecule has 0 bridgehead atoms. The van der Waals surface area contributed by atoms with Crippen LogP contribution in [0, 0.1) is 11.8 Å². The molecule has 2 rings (SSSR count). The summed E-state index contributed by atoms with van der Waals surface area (Å²) in [5.74, 6) is 1.49. The molecule has 100 valence electrons. The maximum Gasteiger partial charge on any atom is 0.0569 e. The average molecular weight is 247 g/mol. The Balaban J connectivity index is 2.19. The van der Waals surface area contributed by atoms with Crippen molar-refractivity contribution in [3.05, 3.63) is 24.0 Å². The Morgan fingerprint density at radius 1 is 1.33 bits per heavy atom. The Morgan fingerprint density at radius 3 is 2.61 bits per heavy atom. The molecule has 1 fully saturated rings. The van der Waals surface area contributed by atoms with E-state index in [9.17, 15) is 0 Å². The molecule has 1 saturated heterocycles. The molecule has 18 heavy (non-hydrogen) atoms. The summed E-state index contributed by atoms with van der Waals surface area (Å²) in [6.07, 6.45) is 3.29. The second-order valence-electron chi connectivity index (χ2n) is 5.94. The zero-order chi connectivity index (χ0) is 13.3. The number of anilines is 1. The van der Waals surface area contributed by atoms with E-state index in [1.165, 1.54) is 12.1 Å². The van der Waals surface area contributed by atoms with E-state index in [0.29, 0.717) is 6.04 Å². The molecule has 2 N–H and O–H groups in total. The summed E-state index contributed by atoms with van der Waals surface area (Å²) in [7, 11) is 0. The van der Waals surface area contributed by atoms with Crippen LogP contribution in [0.5, 0.6) is 0 Å². The first-order valence-corrected chi connectivity index (χ1v) is 6.97. The first-order chi connectivity index (χ1) is 8.49. The topological polar surface area (TPSA) is 42.1 Å². The number of hydrogen-bond acceptors (Lipinski definition) is 3. The Bertz CT molecular complexity index is 385. The lowest BCUT2D eigenvalue weighted by Gasteiger charge is -2.42. The molecule has 3 heteroatoms. The van der Waals surface area contributed by atoms with E-state index >= 15 is 0 Å². The van der Waals surface area contributed by atoms with Gasteiger partial charge in [-0.1, -0.05) is 13.8 Å². The molecule has 0 saturated carbocycles. The van der Waals surface area contributed by atoms with E-state index in [-0.39, 0.29) is 6.04 Å². The van der Waals surface area contributed by atoms with Gasteiger partial charge in [-0.15, -0.1) is 0 Å². The van der Waals surface area contributed by atoms with Gasteiger partial charge in [0.15, 0.2) is 0 Å². The molecule has 0 spiro atoms. The number of nitrogens with zero attached hydrogens (tertiary/aromatic N) is 2. The van der Waals surface area contributed by atoms with Crippen LogP contribution in [-0.2, 0) is 0 Å². The van der Waals surface area contributed by atoms with Crippen molar-refractivity contribution in [1.29, 1.82) is 0 Å². The average Bonchev–Trinajstić information content (AvgIpc) is 2.34. The summed E-state index contributed by atoms with van der Waals surface area (Å²) in [4.78, 5) is 6.95. The van der Waals surface area contributed by atoms with Crippen molar-refractivity contribution in [1.82, 2.24) is 4.98 Å². The Morgan fingerprint density at radius 2 is 2.06 bits per heavy atom. The molecule has 1 aliphatic rings. The van der Waals surface area contributed by atoms with Crippen molar-refractivity contribution in [2.75, 3.05) is 11.4 Å². The first kappa shape index (κ1) is 13.3. The third-order valence-electron chi connectivity index (χ3n) is 4.17. The minimum Gasteiger partial charge on any atom is -0.367 e. The second kappa shape index (κ2) is 5.27. The van der Waals surface area contributed by atoms with Gasteiger partial charge in [-0.25, -0.2) is 0 Å². The maximum absolute atomic E-state index is 5.84. The molecule has 0 aliphatic carbocycles. The summed E-state index contributed by atoms with van der Waals surface area (Å²) in [5, 5.41) is 0. The van der Waals surface area contributed by atoms with E-state index in [0.717, 1.165) is 24.1 Å². The molecule has 1 aromatic heterocycles. The van der Waals surface area contributed by atoms with Gasteiger partial charge in [0.2, 0.25) is 0 Å². The predicted molar refractivity (Wildman–Crippen MR) is 76.6 cm³/mol. The molecule has 2 heterocycles. The van der Waals surface area contributed by atoms with Crippen LogP contribution >= 0.6 is 0 Å². The van der Waals surface area contributed by atoms with Crippen LogP contribution in [0.3, 0.4) is 0 Å². The fourth-order valence-electron chi connectivity index (χ4n) is 2.89. The van der Waals surface area contributed by atoms with Crippen LogP contribution < -0.4 is 10.6 Å². The summed E-state index contributed by atoms with van der Waals surface area (Å²) in [5.41, 5.74) is 8.03. The minimum absolute atomic E-state index is 0.00989. The predicted octanol–water partition coefficient (Wildman–Crippen LogP) is 2.97. The van der Waals surface area contributed by atoms with Crippen LogP contribution in [-0.4, -0.2) is 17.6 Å². The van der Waals surface area contributed by atoms with Crippen LogP contribution in [0.4, 0.5) is 5.69 Å². The van der Waals surface area contributed by atoms with Gasteiger partial charge in [-0.3, -0.25) is 4.98 Å². The van der Waals surface area contributed by atoms with E-state index in [1.54, 1.807) is 0 Å². The highest BCUT2D eigenvalue weighted by molar-refractivity contribution is 5.46. The Hall–Kier alpha value is -1.09. The molecule has 4 unspecified atom stereocenters. The van der Waals surface area contributed by atoms with E-state index in [1.807, 2.05) is 13.1 Å². The third-order valence-corrected chi connectivity index (χ3v) is 4.17. The van der Waals surface area contributed by atoms with Gasteiger partial charge < -0.3 is 10.6 Å². The van der Waals surface area contributed by atoms with Crippen molar-refractivity contribution >= 4 is 5.69 Å². The van der Waals surface area contributed by atoms with Crippen LogP contribution in [0.2, 0.25) is 0 Å². The number of hydrogen-bond donors (Lipinski definition) is 1. The highest BCUT2D eigenvalue weighted by Gasteiger charge is 2.28. The van der Waals surface area contributed by atoms with Gasteiger partial charge in [0, 0.05) is 18.6 Å². The molecular weight excluding hydrogens is 222 g/mol. The zero-order valence-electron chi connectivity index (χ0n) is 11.9. The van der Waals surface area contributed by atoms with Gasteiger partial charge in [0.1, 0.15) is 0 Å². The van der Waals surface area contributed by atoms with Crippen LogP contribution in [0.25, 0.3) is 0 Å². The lowest BCUT2D eigenvalue weighted by molar-refractivity contribution is 0.297. The van der Waals surface area contributed by atoms with Crippen molar-refractivity contribution in [2.24, 2.45) is 17.6 Å². The summed E-state index contributed by atoms with van der Waals surface area (Å²) < 4.78 is 0. The fraction of sp³-hybridized carbons (Fsp3) is 0.667. The van der Waals surface area contributed by atoms with Crippen molar-refractivity contribution in [3.8, 4) is 0 Å². The number of aromatic nitrogens is 1. The van der Waals surface area contributed by atoms with Gasteiger partial charge in [-0.2, -0.15) is 0 Å². The second-order valence-corrected chi connectivity index (χ2v) is 5.94. The smallest absolute Gasteiger partial charge is 0.0569 e.